The second-order valence-corrected chi connectivity index (χ2v) is 5.76. The Morgan fingerprint density at radius 3 is 2.48 bits per heavy atom. The number of amides is 2. The van der Waals surface area contributed by atoms with Crippen LogP contribution in [0.25, 0.3) is 0 Å². The highest BCUT2D eigenvalue weighted by Gasteiger charge is 2.33. The zero-order valence-corrected chi connectivity index (χ0v) is 13.3. The SMILES string of the molecule is CC(=O)N1CCN(C(=O)c2ccn(C)n2)[C@@H](c2ccccc2)C1. The van der Waals surface area contributed by atoms with Gasteiger partial charge in [-0.15, -0.1) is 0 Å². The molecule has 0 unspecified atom stereocenters. The molecule has 1 fully saturated rings. The summed E-state index contributed by atoms with van der Waals surface area (Å²) in [6.07, 6.45) is 1.76. The van der Waals surface area contributed by atoms with Crippen LogP contribution in [0.5, 0.6) is 0 Å². The topological polar surface area (TPSA) is 58.4 Å². The normalized spacial score (nSPS) is 18.1. The summed E-state index contributed by atoms with van der Waals surface area (Å²) in [7, 11) is 1.79. The minimum absolute atomic E-state index is 0.0378. The first-order valence-corrected chi connectivity index (χ1v) is 7.67. The summed E-state index contributed by atoms with van der Waals surface area (Å²) in [6, 6.07) is 11.4. The lowest BCUT2D eigenvalue weighted by Gasteiger charge is -2.41. The standard InChI is InChI=1S/C17H20N4O2/c1-13(22)20-10-11-21(17(23)15-8-9-19(2)18-15)16(12-20)14-6-4-3-5-7-14/h3-9,16H,10-12H2,1-2H3/t16-/m1/s1. The van der Waals surface area contributed by atoms with Gasteiger partial charge in [0.05, 0.1) is 6.04 Å². The number of aromatic nitrogens is 2. The number of nitrogens with zero attached hydrogens (tertiary/aromatic N) is 4. The highest BCUT2D eigenvalue weighted by molar-refractivity contribution is 5.92. The largest absolute Gasteiger partial charge is 0.339 e. The Kier molecular flexibility index (Phi) is 4.14. The Hall–Kier alpha value is -2.63. The third-order valence-electron chi connectivity index (χ3n) is 4.20. The van der Waals surface area contributed by atoms with Gasteiger partial charge in [-0.3, -0.25) is 14.3 Å². The van der Waals surface area contributed by atoms with Gasteiger partial charge in [-0.05, 0) is 11.6 Å². The molecule has 1 saturated heterocycles. The van der Waals surface area contributed by atoms with Crippen molar-refractivity contribution in [2.75, 3.05) is 19.6 Å². The molecule has 1 aromatic heterocycles. The van der Waals surface area contributed by atoms with Crippen LogP contribution in [0.2, 0.25) is 0 Å². The van der Waals surface area contributed by atoms with E-state index in [-0.39, 0.29) is 17.9 Å². The number of benzene rings is 1. The van der Waals surface area contributed by atoms with Crippen molar-refractivity contribution in [3.8, 4) is 0 Å². The first-order chi connectivity index (χ1) is 11.1. The van der Waals surface area contributed by atoms with Crippen molar-refractivity contribution in [3.63, 3.8) is 0 Å². The summed E-state index contributed by atoms with van der Waals surface area (Å²) in [6.45, 7) is 3.14. The maximum atomic E-state index is 12.8. The van der Waals surface area contributed by atoms with Crippen molar-refractivity contribution in [2.24, 2.45) is 7.05 Å². The molecule has 23 heavy (non-hydrogen) atoms. The number of carbonyl (C=O) groups is 2. The molecule has 2 heterocycles. The molecule has 2 amide bonds. The molecular formula is C17H20N4O2. The fourth-order valence-electron chi connectivity index (χ4n) is 2.95. The Morgan fingerprint density at radius 1 is 1.13 bits per heavy atom. The van der Waals surface area contributed by atoms with Gasteiger partial charge in [0.15, 0.2) is 0 Å². The van der Waals surface area contributed by atoms with E-state index in [1.54, 1.807) is 35.8 Å². The highest BCUT2D eigenvalue weighted by Crippen LogP contribution is 2.26. The summed E-state index contributed by atoms with van der Waals surface area (Å²) in [4.78, 5) is 28.2. The predicted octanol–water partition coefficient (Wildman–Crippen LogP) is 1.47. The highest BCUT2D eigenvalue weighted by atomic mass is 16.2. The van der Waals surface area contributed by atoms with E-state index in [0.717, 1.165) is 5.56 Å². The van der Waals surface area contributed by atoms with Gasteiger partial charge in [0.2, 0.25) is 5.91 Å². The van der Waals surface area contributed by atoms with E-state index in [1.165, 1.54) is 0 Å². The fourth-order valence-corrected chi connectivity index (χ4v) is 2.95. The number of carbonyl (C=O) groups excluding carboxylic acids is 2. The summed E-state index contributed by atoms with van der Waals surface area (Å²) in [5.74, 6) is -0.0569. The van der Waals surface area contributed by atoms with Crippen molar-refractivity contribution in [1.82, 2.24) is 19.6 Å². The lowest BCUT2D eigenvalue weighted by Crippen LogP contribution is -2.52. The average molecular weight is 312 g/mol. The van der Waals surface area contributed by atoms with Crippen LogP contribution in [-0.4, -0.2) is 51.0 Å². The predicted molar refractivity (Wildman–Crippen MR) is 85.7 cm³/mol. The van der Waals surface area contributed by atoms with Gasteiger partial charge >= 0.3 is 0 Å². The van der Waals surface area contributed by atoms with E-state index in [9.17, 15) is 9.59 Å². The smallest absolute Gasteiger partial charge is 0.274 e. The van der Waals surface area contributed by atoms with Crippen LogP contribution < -0.4 is 0 Å². The Morgan fingerprint density at radius 2 is 1.87 bits per heavy atom. The molecule has 1 aliphatic rings. The molecule has 0 radical (unpaired) electrons. The second-order valence-electron chi connectivity index (χ2n) is 5.76. The van der Waals surface area contributed by atoms with Crippen molar-refractivity contribution in [2.45, 2.75) is 13.0 Å². The number of aryl methyl sites for hydroxylation is 1. The maximum Gasteiger partial charge on any atom is 0.274 e. The summed E-state index contributed by atoms with van der Waals surface area (Å²) in [5, 5.41) is 4.21. The van der Waals surface area contributed by atoms with E-state index in [2.05, 4.69) is 5.10 Å². The number of rotatable bonds is 2. The van der Waals surface area contributed by atoms with Crippen LogP contribution in [0.3, 0.4) is 0 Å². The van der Waals surface area contributed by atoms with Crippen LogP contribution >= 0.6 is 0 Å². The molecule has 6 nitrogen and oxygen atoms in total. The molecule has 1 aromatic carbocycles. The second kappa shape index (κ2) is 6.24. The van der Waals surface area contributed by atoms with E-state index < -0.39 is 0 Å². The minimum Gasteiger partial charge on any atom is -0.339 e. The summed E-state index contributed by atoms with van der Waals surface area (Å²) >= 11 is 0. The van der Waals surface area contributed by atoms with Crippen molar-refractivity contribution in [3.05, 3.63) is 53.9 Å². The van der Waals surface area contributed by atoms with Crippen molar-refractivity contribution >= 4 is 11.8 Å². The van der Waals surface area contributed by atoms with E-state index >= 15 is 0 Å². The van der Waals surface area contributed by atoms with Crippen molar-refractivity contribution < 1.29 is 9.59 Å². The van der Waals surface area contributed by atoms with Gasteiger partial charge in [-0.2, -0.15) is 5.10 Å². The van der Waals surface area contributed by atoms with E-state index in [0.29, 0.717) is 25.3 Å². The molecule has 120 valence electrons. The summed E-state index contributed by atoms with van der Waals surface area (Å²) in [5.41, 5.74) is 1.47. The number of hydrogen-bond donors (Lipinski definition) is 0. The molecule has 1 aliphatic heterocycles. The van der Waals surface area contributed by atoms with E-state index in [1.807, 2.05) is 35.2 Å². The van der Waals surface area contributed by atoms with Crippen LogP contribution in [0.15, 0.2) is 42.6 Å². The lowest BCUT2D eigenvalue weighted by atomic mass is 10.0. The molecule has 0 N–H and O–H groups in total. The quantitative estimate of drug-likeness (QED) is 0.843. The molecule has 0 saturated carbocycles. The molecule has 0 spiro atoms. The van der Waals surface area contributed by atoms with Gasteiger partial charge in [0.1, 0.15) is 5.69 Å². The first kappa shape index (κ1) is 15.3. The molecule has 0 bridgehead atoms. The van der Waals surface area contributed by atoms with Gasteiger partial charge in [-0.25, -0.2) is 0 Å². The van der Waals surface area contributed by atoms with E-state index in [4.69, 9.17) is 0 Å². The van der Waals surface area contributed by atoms with Crippen LogP contribution in [0.4, 0.5) is 0 Å². The van der Waals surface area contributed by atoms with Gasteiger partial charge in [0, 0.05) is 39.8 Å². The fraction of sp³-hybridized carbons (Fsp3) is 0.353. The number of piperazine rings is 1. The van der Waals surface area contributed by atoms with Crippen LogP contribution in [0, 0.1) is 0 Å². The first-order valence-electron chi connectivity index (χ1n) is 7.67. The lowest BCUT2D eigenvalue weighted by molar-refractivity contribution is -0.131. The monoisotopic (exact) mass is 312 g/mol. The molecular weight excluding hydrogens is 292 g/mol. The third kappa shape index (κ3) is 3.11. The maximum absolute atomic E-state index is 12.8. The van der Waals surface area contributed by atoms with Gasteiger partial charge in [0.25, 0.3) is 5.91 Å². The third-order valence-corrected chi connectivity index (χ3v) is 4.20. The molecule has 0 aliphatic carbocycles. The molecule has 1 atom stereocenters. The van der Waals surface area contributed by atoms with Crippen molar-refractivity contribution in [1.29, 1.82) is 0 Å². The Balaban J connectivity index is 1.90. The average Bonchev–Trinajstić information content (AvgIpc) is 3.01. The Labute approximate surface area is 135 Å². The Bertz CT molecular complexity index is 710. The number of hydrogen-bond acceptors (Lipinski definition) is 3. The van der Waals surface area contributed by atoms with Gasteiger partial charge < -0.3 is 9.80 Å². The van der Waals surface area contributed by atoms with Crippen LogP contribution in [0.1, 0.15) is 29.0 Å². The molecule has 3 rings (SSSR count). The summed E-state index contributed by atoms with van der Waals surface area (Å²) < 4.78 is 1.62. The van der Waals surface area contributed by atoms with Crippen LogP contribution in [-0.2, 0) is 11.8 Å². The minimum atomic E-state index is -0.150. The van der Waals surface area contributed by atoms with Gasteiger partial charge in [-0.1, -0.05) is 30.3 Å². The molecule has 6 heteroatoms. The zero-order chi connectivity index (χ0) is 16.4. The zero-order valence-electron chi connectivity index (χ0n) is 13.3. The molecule has 2 aromatic rings.